The van der Waals surface area contributed by atoms with E-state index in [1.807, 2.05) is 12.1 Å². The fourth-order valence-corrected chi connectivity index (χ4v) is 2.86. The second-order valence-electron chi connectivity index (χ2n) is 5.93. The summed E-state index contributed by atoms with van der Waals surface area (Å²) in [7, 11) is 0. The summed E-state index contributed by atoms with van der Waals surface area (Å²) in [4.78, 5) is 2.47. The van der Waals surface area contributed by atoms with Gasteiger partial charge in [-0.05, 0) is 49.9 Å². The fourth-order valence-electron chi connectivity index (χ4n) is 2.86. The first-order chi connectivity index (χ1) is 10.1. The third-order valence-corrected chi connectivity index (χ3v) is 4.07. The minimum absolute atomic E-state index is 0.135. The second-order valence-corrected chi connectivity index (χ2v) is 5.93. The van der Waals surface area contributed by atoms with E-state index < -0.39 is 0 Å². The lowest BCUT2D eigenvalue weighted by Crippen LogP contribution is -2.39. The van der Waals surface area contributed by atoms with Gasteiger partial charge in [-0.1, -0.05) is 19.1 Å². The van der Waals surface area contributed by atoms with Gasteiger partial charge in [-0.15, -0.1) is 0 Å². The molecule has 1 fully saturated rings. The first kappa shape index (κ1) is 16.0. The van der Waals surface area contributed by atoms with Gasteiger partial charge in [0, 0.05) is 25.3 Å². The van der Waals surface area contributed by atoms with Gasteiger partial charge in [0.05, 0.1) is 6.10 Å². The number of rotatable bonds is 6. The van der Waals surface area contributed by atoms with Crippen molar-refractivity contribution in [1.29, 1.82) is 5.41 Å². The number of nitrogens with two attached hydrogens (primary N) is 1. The molecule has 0 aliphatic carbocycles. The first-order valence-electron chi connectivity index (χ1n) is 7.88. The molecule has 1 aliphatic rings. The van der Waals surface area contributed by atoms with Crippen LogP contribution < -0.4 is 5.73 Å². The predicted octanol–water partition coefficient (Wildman–Crippen LogP) is 2.67. The van der Waals surface area contributed by atoms with Gasteiger partial charge in [0.25, 0.3) is 0 Å². The van der Waals surface area contributed by atoms with Gasteiger partial charge in [-0.3, -0.25) is 10.3 Å². The number of nitrogens with one attached hydrogen (secondary N) is 1. The third kappa shape index (κ3) is 4.55. The number of ether oxygens (including phenoxy) is 1. The molecule has 0 bridgehead atoms. The van der Waals surface area contributed by atoms with E-state index in [0.717, 1.165) is 38.2 Å². The second kappa shape index (κ2) is 7.57. The zero-order valence-electron chi connectivity index (χ0n) is 13.2. The number of amidine groups is 1. The number of nitrogen functional groups attached to an aromatic ring is 1. The zero-order valence-corrected chi connectivity index (χ0v) is 13.2. The SMILES string of the molecule is CCCOC1CCCN(Cc2ccc(C(=N)N)cc2C)C1. The van der Waals surface area contributed by atoms with Crippen LogP contribution in [-0.2, 0) is 11.3 Å². The van der Waals surface area contributed by atoms with Crippen molar-refractivity contribution in [3.8, 4) is 0 Å². The topological polar surface area (TPSA) is 62.3 Å². The molecule has 1 aliphatic heterocycles. The molecule has 0 amide bonds. The lowest BCUT2D eigenvalue weighted by molar-refractivity contribution is -0.00227. The van der Waals surface area contributed by atoms with Gasteiger partial charge < -0.3 is 10.5 Å². The highest BCUT2D eigenvalue weighted by Crippen LogP contribution is 2.19. The van der Waals surface area contributed by atoms with Crippen LogP contribution in [0.4, 0.5) is 0 Å². The molecule has 1 aromatic rings. The van der Waals surface area contributed by atoms with Crippen LogP contribution in [0.2, 0.25) is 0 Å². The molecular weight excluding hydrogens is 262 g/mol. The van der Waals surface area contributed by atoms with Crippen molar-refractivity contribution in [3.05, 3.63) is 34.9 Å². The van der Waals surface area contributed by atoms with Crippen molar-refractivity contribution < 1.29 is 4.74 Å². The summed E-state index contributed by atoms with van der Waals surface area (Å²) in [6.07, 6.45) is 3.86. The number of piperidine rings is 1. The van der Waals surface area contributed by atoms with Crippen LogP contribution in [-0.4, -0.2) is 36.5 Å². The molecule has 3 N–H and O–H groups in total. The van der Waals surface area contributed by atoms with Gasteiger partial charge >= 0.3 is 0 Å². The monoisotopic (exact) mass is 289 g/mol. The van der Waals surface area contributed by atoms with Crippen molar-refractivity contribution in [2.24, 2.45) is 5.73 Å². The lowest BCUT2D eigenvalue weighted by atomic mass is 10.0. The van der Waals surface area contributed by atoms with Crippen LogP contribution in [0.1, 0.15) is 42.9 Å². The fraction of sp³-hybridized carbons (Fsp3) is 0.588. The Balaban J connectivity index is 1.96. The van der Waals surface area contributed by atoms with E-state index in [9.17, 15) is 0 Å². The Labute approximate surface area is 127 Å². The minimum atomic E-state index is 0.135. The van der Waals surface area contributed by atoms with E-state index in [4.69, 9.17) is 15.9 Å². The molecule has 116 valence electrons. The number of hydrogen-bond donors (Lipinski definition) is 2. The van der Waals surface area contributed by atoms with Crippen LogP contribution in [0.3, 0.4) is 0 Å². The van der Waals surface area contributed by atoms with Gasteiger partial charge in [0.2, 0.25) is 0 Å². The molecule has 1 aromatic carbocycles. The van der Waals surface area contributed by atoms with E-state index in [-0.39, 0.29) is 5.84 Å². The standard InChI is InChI=1S/C17H27N3O/c1-3-9-21-16-5-4-8-20(12-16)11-15-7-6-14(17(18)19)10-13(15)2/h6-7,10,16H,3-5,8-9,11-12H2,1-2H3,(H3,18,19). The van der Waals surface area contributed by atoms with Crippen molar-refractivity contribution in [2.45, 2.75) is 45.8 Å². The van der Waals surface area contributed by atoms with Gasteiger partial charge in [0.1, 0.15) is 5.84 Å². The Bertz CT molecular complexity index is 487. The molecule has 1 saturated heterocycles. The predicted molar refractivity (Wildman–Crippen MR) is 86.7 cm³/mol. The summed E-state index contributed by atoms with van der Waals surface area (Å²) in [5, 5.41) is 7.50. The molecule has 0 aromatic heterocycles. The maximum absolute atomic E-state index is 7.50. The van der Waals surface area contributed by atoms with E-state index >= 15 is 0 Å². The van der Waals surface area contributed by atoms with Gasteiger partial charge in [-0.2, -0.15) is 0 Å². The molecular formula is C17H27N3O. The largest absolute Gasteiger partial charge is 0.384 e. The average Bonchev–Trinajstić information content (AvgIpc) is 2.47. The van der Waals surface area contributed by atoms with Crippen molar-refractivity contribution in [1.82, 2.24) is 4.90 Å². The maximum atomic E-state index is 7.50. The van der Waals surface area contributed by atoms with Gasteiger partial charge in [-0.25, -0.2) is 0 Å². The summed E-state index contributed by atoms with van der Waals surface area (Å²) >= 11 is 0. The normalized spacial score (nSPS) is 19.6. The smallest absolute Gasteiger partial charge is 0.122 e. The summed E-state index contributed by atoms with van der Waals surface area (Å²) in [6, 6.07) is 6.05. The van der Waals surface area contributed by atoms with E-state index in [1.165, 1.54) is 24.0 Å². The molecule has 1 atom stereocenters. The average molecular weight is 289 g/mol. The molecule has 4 nitrogen and oxygen atoms in total. The Morgan fingerprint density at radius 3 is 2.95 bits per heavy atom. The number of benzene rings is 1. The Hall–Kier alpha value is -1.39. The van der Waals surface area contributed by atoms with E-state index in [0.29, 0.717) is 6.10 Å². The highest BCUT2D eigenvalue weighted by Gasteiger charge is 2.20. The number of aryl methyl sites for hydroxylation is 1. The van der Waals surface area contributed by atoms with E-state index in [1.54, 1.807) is 0 Å². The molecule has 2 rings (SSSR count). The number of nitrogens with zero attached hydrogens (tertiary/aromatic N) is 1. The van der Waals surface area contributed by atoms with Crippen LogP contribution in [0.5, 0.6) is 0 Å². The first-order valence-corrected chi connectivity index (χ1v) is 7.88. The van der Waals surface area contributed by atoms with Crippen LogP contribution in [0.15, 0.2) is 18.2 Å². The summed E-state index contributed by atoms with van der Waals surface area (Å²) in [5.41, 5.74) is 8.87. The van der Waals surface area contributed by atoms with Crippen LogP contribution in [0, 0.1) is 12.3 Å². The van der Waals surface area contributed by atoms with Crippen LogP contribution >= 0.6 is 0 Å². The summed E-state index contributed by atoms with van der Waals surface area (Å²) < 4.78 is 5.89. The zero-order chi connectivity index (χ0) is 15.2. The third-order valence-electron chi connectivity index (χ3n) is 4.07. The molecule has 0 spiro atoms. The molecule has 4 heteroatoms. The lowest BCUT2D eigenvalue weighted by Gasteiger charge is -2.33. The summed E-state index contributed by atoms with van der Waals surface area (Å²) in [6.45, 7) is 8.23. The van der Waals surface area contributed by atoms with Crippen molar-refractivity contribution >= 4 is 5.84 Å². The molecule has 0 saturated carbocycles. The molecule has 1 unspecified atom stereocenters. The van der Waals surface area contributed by atoms with Gasteiger partial charge in [0.15, 0.2) is 0 Å². The Kier molecular flexibility index (Phi) is 5.76. The quantitative estimate of drug-likeness (QED) is 0.625. The maximum Gasteiger partial charge on any atom is 0.122 e. The Morgan fingerprint density at radius 2 is 2.29 bits per heavy atom. The Morgan fingerprint density at radius 1 is 1.48 bits per heavy atom. The minimum Gasteiger partial charge on any atom is -0.384 e. The molecule has 21 heavy (non-hydrogen) atoms. The van der Waals surface area contributed by atoms with E-state index in [2.05, 4.69) is 24.8 Å². The van der Waals surface area contributed by atoms with Crippen molar-refractivity contribution in [2.75, 3.05) is 19.7 Å². The summed E-state index contributed by atoms with van der Waals surface area (Å²) in [5.74, 6) is 0.135. The van der Waals surface area contributed by atoms with Crippen molar-refractivity contribution in [3.63, 3.8) is 0 Å². The van der Waals surface area contributed by atoms with Crippen LogP contribution in [0.25, 0.3) is 0 Å². The highest BCUT2D eigenvalue weighted by atomic mass is 16.5. The molecule has 1 heterocycles. The number of hydrogen-bond acceptors (Lipinski definition) is 3. The highest BCUT2D eigenvalue weighted by molar-refractivity contribution is 5.95. The molecule has 0 radical (unpaired) electrons. The number of likely N-dealkylation sites (tertiary alicyclic amines) is 1.